The molecule has 19 heavy (non-hydrogen) atoms. The lowest BCUT2D eigenvalue weighted by molar-refractivity contribution is 0.257. The van der Waals surface area contributed by atoms with Gasteiger partial charge in [-0.15, -0.1) is 0 Å². The highest BCUT2D eigenvalue weighted by atomic mass is 16.4. The van der Waals surface area contributed by atoms with Crippen LogP contribution in [-0.2, 0) is 6.54 Å². The molecule has 3 N–H and O–H groups in total. The largest absolute Gasteiger partial charge is 0.409 e. The Bertz CT molecular complexity index is 443. The number of oxime groups is 1. The monoisotopic (exact) mass is 263 g/mol. The van der Waals surface area contributed by atoms with Crippen molar-refractivity contribution in [2.75, 3.05) is 13.1 Å². The van der Waals surface area contributed by atoms with Crippen LogP contribution in [-0.4, -0.2) is 29.0 Å². The van der Waals surface area contributed by atoms with Gasteiger partial charge in [0, 0.05) is 19.0 Å². The summed E-state index contributed by atoms with van der Waals surface area (Å²) in [5.74, 6) is 0.343. The average molecular weight is 263 g/mol. The van der Waals surface area contributed by atoms with Gasteiger partial charge < -0.3 is 10.9 Å². The summed E-state index contributed by atoms with van der Waals surface area (Å²) in [6.45, 7) is 11.0. The zero-order valence-corrected chi connectivity index (χ0v) is 12.3. The summed E-state index contributed by atoms with van der Waals surface area (Å²) >= 11 is 0. The van der Waals surface area contributed by atoms with Crippen molar-refractivity contribution in [1.29, 1.82) is 0 Å². The van der Waals surface area contributed by atoms with Crippen LogP contribution >= 0.6 is 0 Å². The predicted octanol–water partition coefficient (Wildman–Crippen LogP) is 2.51. The van der Waals surface area contributed by atoms with Crippen molar-refractivity contribution in [3.63, 3.8) is 0 Å². The molecule has 0 aliphatic carbocycles. The Kier molecular flexibility index (Phi) is 5.83. The first kappa shape index (κ1) is 15.5. The minimum Gasteiger partial charge on any atom is -0.409 e. The van der Waals surface area contributed by atoms with Crippen LogP contribution in [0.4, 0.5) is 0 Å². The van der Waals surface area contributed by atoms with E-state index in [0.29, 0.717) is 5.84 Å². The molecule has 0 aliphatic rings. The quantitative estimate of drug-likeness (QED) is 0.359. The standard InChI is InChI=1S/C15H25N3O/c1-5-18(9-13(4)15(16)17-19)10-14-7-6-11(2)12(3)8-14/h6-8,13,19H,5,9-10H2,1-4H3,(H2,16,17). The van der Waals surface area contributed by atoms with Crippen molar-refractivity contribution in [1.82, 2.24) is 4.90 Å². The Labute approximate surface area is 115 Å². The zero-order valence-electron chi connectivity index (χ0n) is 12.3. The summed E-state index contributed by atoms with van der Waals surface area (Å²) < 4.78 is 0. The van der Waals surface area contributed by atoms with E-state index in [1.54, 1.807) is 0 Å². The van der Waals surface area contributed by atoms with Crippen molar-refractivity contribution in [2.24, 2.45) is 16.8 Å². The lowest BCUT2D eigenvalue weighted by Gasteiger charge is -2.24. The van der Waals surface area contributed by atoms with Gasteiger partial charge in [0.15, 0.2) is 0 Å². The smallest absolute Gasteiger partial charge is 0.143 e. The van der Waals surface area contributed by atoms with Crippen LogP contribution in [0.3, 0.4) is 0 Å². The molecule has 106 valence electrons. The summed E-state index contributed by atoms with van der Waals surface area (Å²) in [6, 6.07) is 6.55. The van der Waals surface area contributed by atoms with E-state index in [9.17, 15) is 0 Å². The van der Waals surface area contributed by atoms with Gasteiger partial charge in [-0.2, -0.15) is 0 Å². The number of hydrogen-bond acceptors (Lipinski definition) is 3. The lowest BCUT2D eigenvalue weighted by atomic mass is 10.1. The Morgan fingerprint density at radius 2 is 2.05 bits per heavy atom. The van der Waals surface area contributed by atoms with Gasteiger partial charge in [-0.25, -0.2) is 0 Å². The molecule has 0 amide bonds. The molecule has 0 aliphatic heterocycles. The number of hydrogen-bond donors (Lipinski definition) is 2. The molecule has 1 rings (SSSR count). The molecule has 0 heterocycles. The van der Waals surface area contributed by atoms with Crippen LogP contribution in [0.5, 0.6) is 0 Å². The number of nitrogens with zero attached hydrogens (tertiary/aromatic N) is 2. The summed E-state index contributed by atoms with van der Waals surface area (Å²) in [5, 5.41) is 11.8. The lowest BCUT2D eigenvalue weighted by Crippen LogP contribution is -2.34. The second-order valence-electron chi connectivity index (χ2n) is 5.17. The summed E-state index contributed by atoms with van der Waals surface area (Å²) in [7, 11) is 0. The summed E-state index contributed by atoms with van der Waals surface area (Å²) in [6.07, 6.45) is 0. The molecule has 0 radical (unpaired) electrons. The first-order valence-corrected chi connectivity index (χ1v) is 6.73. The third-order valence-electron chi connectivity index (χ3n) is 3.58. The fourth-order valence-electron chi connectivity index (χ4n) is 2.04. The Morgan fingerprint density at radius 1 is 1.37 bits per heavy atom. The van der Waals surface area contributed by atoms with Crippen LogP contribution in [0, 0.1) is 19.8 Å². The molecule has 1 atom stereocenters. The van der Waals surface area contributed by atoms with E-state index in [4.69, 9.17) is 10.9 Å². The minimum atomic E-state index is 0.0523. The third kappa shape index (κ3) is 4.56. The van der Waals surface area contributed by atoms with Gasteiger partial charge in [0.2, 0.25) is 0 Å². The highest BCUT2D eigenvalue weighted by Gasteiger charge is 2.13. The van der Waals surface area contributed by atoms with Gasteiger partial charge in [0.1, 0.15) is 5.84 Å². The number of nitrogens with two attached hydrogens (primary N) is 1. The van der Waals surface area contributed by atoms with Crippen molar-refractivity contribution in [2.45, 2.75) is 34.2 Å². The normalized spacial score (nSPS) is 13.8. The molecule has 1 aromatic rings. The zero-order chi connectivity index (χ0) is 14.4. The highest BCUT2D eigenvalue weighted by Crippen LogP contribution is 2.13. The van der Waals surface area contributed by atoms with Crippen LogP contribution in [0.15, 0.2) is 23.4 Å². The molecule has 0 spiro atoms. The van der Waals surface area contributed by atoms with Gasteiger partial charge in [0.05, 0.1) is 0 Å². The fourth-order valence-corrected chi connectivity index (χ4v) is 2.04. The molecule has 0 fully saturated rings. The second kappa shape index (κ2) is 7.14. The van der Waals surface area contributed by atoms with Crippen molar-refractivity contribution in [3.05, 3.63) is 34.9 Å². The number of aryl methyl sites for hydroxylation is 2. The Hall–Kier alpha value is -1.55. The molecule has 4 nitrogen and oxygen atoms in total. The molecule has 0 saturated heterocycles. The van der Waals surface area contributed by atoms with Gasteiger partial charge in [-0.1, -0.05) is 37.2 Å². The maximum atomic E-state index is 8.69. The number of amidine groups is 1. The Morgan fingerprint density at radius 3 is 2.58 bits per heavy atom. The van der Waals surface area contributed by atoms with Gasteiger partial charge in [0.25, 0.3) is 0 Å². The molecule has 0 bridgehead atoms. The number of rotatable bonds is 6. The SMILES string of the molecule is CCN(Cc1ccc(C)c(C)c1)CC(C)C(N)=NO. The van der Waals surface area contributed by atoms with Crippen LogP contribution in [0.25, 0.3) is 0 Å². The van der Waals surface area contributed by atoms with E-state index < -0.39 is 0 Å². The molecule has 1 aromatic carbocycles. The predicted molar refractivity (Wildman–Crippen MR) is 79.4 cm³/mol. The maximum absolute atomic E-state index is 8.69. The van der Waals surface area contributed by atoms with Gasteiger partial charge >= 0.3 is 0 Å². The first-order valence-electron chi connectivity index (χ1n) is 6.73. The number of benzene rings is 1. The maximum Gasteiger partial charge on any atom is 0.143 e. The van der Waals surface area contributed by atoms with Crippen LogP contribution in [0.2, 0.25) is 0 Å². The van der Waals surface area contributed by atoms with Gasteiger partial charge in [-0.3, -0.25) is 4.90 Å². The summed E-state index contributed by atoms with van der Waals surface area (Å²) in [5.41, 5.74) is 9.57. The first-order chi connectivity index (χ1) is 8.97. The minimum absolute atomic E-state index is 0.0523. The topological polar surface area (TPSA) is 61.8 Å². The van der Waals surface area contributed by atoms with E-state index in [1.165, 1.54) is 16.7 Å². The molecule has 0 aromatic heterocycles. The molecule has 4 heteroatoms. The van der Waals surface area contributed by atoms with Crippen molar-refractivity contribution in [3.8, 4) is 0 Å². The van der Waals surface area contributed by atoms with Gasteiger partial charge in [-0.05, 0) is 37.1 Å². The third-order valence-corrected chi connectivity index (χ3v) is 3.58. The second-order valence-corrected chi connectivity index (χ2v) is 5.17. The summed E-state index contributed by atoms with van der Waals surface area (Å²) in [4.78, 5) is 2.30. The molecule has 1 unspecified atom stereocenters. The van der Waals surface area contributed by atoms with E-state index >= 15 is 0 Å². The molecular formula is C15H25N3O. The van der Waals surface area contributed by atoms with Crippen LogP contribution < -0.4 is 5.73 Å². The van der Waals surface area contributed by atoms with E-state index in [2.05, 4.69) is 49.0 Å². The van der Waals surface area contributed by atoms with E-state index in [0.717, 1.165) is 19.6 Å². The van der Waals surface area contributed by atoms with E-state index in [1.807, 2.05) is 6.92 Å². The fraction of sp³-hybridized carbons (Fsp3) is 0.533. The highest BCUT2D eigenvalue weighted by molar-refractivity contribution is 5.82. The van der Waals surface area contributed by atoms with E-state index in [-0.39, 0.29) is 5.92 Å². The average Bonchev–Trinajstić information content (AvgIpc) is 2.40. The van der Waals surface area contributed by atoms with Crippen molar-refractivity contribution < 1.29 is 5.21 Å². The molecule has 0 saturated carbocycles. The Balaban J connectivity index is 2.68. The molecular weight excluding hydrogens is 238 g/mol. The van der Waals surface area contributed by atoms with Crippen molar-refractivity contribution >= 4 is 5.84 Å². The van der Waals surface area contributed by atoms with Crippen LogP contribution in [0.1, 0.15) is 30.5 Å².